The summed E-state index contributed by atoms with van der Waals surface area (Å²) in [4.78, 5) is 14.2. The summed E-state index contributed by atoms with van der Waals surface area (Å²) < 4.78 is 46.1. The third kappa shape index (κ3) is 3.79. The monoisotopic (exact) mass is 444 g/mol. The summed E-state index contributed by atoms with van der Waals surface area (Å²) in [6, 6.07) is 6.01. The van der Waals surface area contributed by atoms with Crippen molar-refractivity contribution in [2.24, 2.45) is 5.41 Å². The molecule has 0 unspecified atom stereocenters. The van der Waals surface area contributed by atoms with Crippen LogP contribution in [0.15, 0.2) is 36.5 Å². The van der Waals surface area contributed by atoms with Gasteiger partial charge >= 0.3 is 0 Å². The third-order valence-corrected chi connectivity index (χ3v) is 5.77. The number of halogens is 2. The van der Waals surface area contributed by atoms with Gasteiger partial charge in [0, 0.05) is 23.1 Å². The minimum absolute atomic E-state index is 0.105. The van der Waals surface area contributed by atoms with E-state index < -0.39 is 28.0 Å². The number of benzene rings is 2. The molecule has 0 saturated heterocycles. The Morgan fingerprint density at radius 1 is 1.06 bits per heavy atom. The summed E-state index contributed by atoms with van der Waals surface area (Å²) in [6.07, 6.45) is 3.22. The van der Waals surface area contributed by atoms with Crippen LogP contribution in [-0.2, 0) is 0 Å². The van der Waals surface area contributed by atoms with Crippen molar-refractivity contribution in [2.75, 3.05) is 7.11 Å². The third-order valence-electron chi connectivity index (χ3n) is 5.77. The number of methoxy groups -OCH3 is 1. The molecule has 0 bridgehead atoms. The number of aromatic nitrogens is 1. The van der Waals surface area contributed by atoms with Gasteiger partial charge in [-0.3, -0.25) is 15.1 Å². The van der Waals surface area contributed by atoms with Gasteiger partial charge in [-0.15, -0.1) is 0 Å². The van der Waals surface area contributed by atoms with Gasteiger partial charge in [0.1, 0.15) is 11.4 Å². The van der Waals surface area contributed by atoms with E-state index >= 15 is 0 Å². The molecule has 0 atom stereocenters. The average Bonchev–Trinajstić information content (AvgIpc) is 3.51. The fourth-order valence-electron chi connectivity index (χ4n) is 3.65. The first-order valence-electron chi connectivity index (χ1n) is 10.0. The minimum atomic E-state index is -1.18. The Labute approximate surface area is 183 Å². The van der Waals surface area contributed by atoms with Crippen molar-refractivity contribution in [3.63, 3.8) is 0 Å². The lowest BCUT2D eigenvalue weighted by Gasteiger charge is -2.32. The number of hydrogen-bond donors (Lipinski definition) is 0. The van der Waals surface area contributed by atoms with E-state index in [4.69, 9.17) is 14.2 Å². The van der Waals surface area contributed by atoms with E-state index in [-0.39, 0.29) is 16.8 Å². The standard InChI is InChI=1S/C23H22F2N2O5/c1-22(2,3)23(6-7-23)32-20-11-14-17(12-19(20)30-4)26-8-5-18(14)31-21-15(24)9-13(27(28)29)10-16(21)25/h5,8-12H,6-7H2,1-4H3. The number of rotatable bonds is 6. The molecular formula is C23H22F2N2O5. The highest BCUT2D eigenvalue weighted by Gasteiger charge is 2.55. The molecule has 1 heterocycles. The molecule has 1 fully saturated rings. The van der Waals surface area contributed by atoms with Crippen molar-refractivity contribution in [3.05, 3.63) is 58.3 Å². The van der Waals surface area contributed by atoms with E-state index in [0.29, 0.717) is 34.5 Å². The van der Waals surface area contributed by atoms with Crippen LogP contribution in [0.4, 0.5) is 14.5 Å². The molecule has 9 heteroatoms. The molecule has 0 spiro atoms. The van der Waals surface area contributed by atoms with Gasteiger partial charge < -0.3 is 14.2 Å². The number of pyridine rings is 1. The number of ether oxygens (including phenoxy) is 3. The predicted molar refractivity (Wildman–Crippen MR) is 113 cm³/mol. The largest absolute Gasteiger partial charge is 0.493 e. The number of fused-ring (bicyclic) bond motifs is 1. The number of hydrogen-bond acceptors (Lipinski definition) is 6. The molecule has 0 amide bonds. The number of nitro groups is 1. The second-order valence-electron chi connectivity index (χ2n) is 8.77. The predicted octanol–water partition coefficient (Wildman–Crippen LogP) is 6.18. The molecule has 168 valence electrons. The van der Waals surface area contributed by atoms with Crippen LogP contribution in [0.1, 0.15) is 33.6 Å². The SMILES string of the molecule is COc1cc2nccc(Oc3c(F)cc([N+](=O)[O-])cc3F)c2cc1OC1(C(C)(C)C)CC1. The van der Waals surface area contributed by atoms with Crippen molar-refractivity contribution < 1.29 is 27.9 Å². The summed E-state index contributed by atoms with van der Waals surface area (Å²) in [7, 11) is 1.52. The molecule has 1 aliphatic rings. The summed E-state index contributed by atoms with van der Waals surface area (Å²) in [5.41, 5.74) is -0.681. The van der Waals surface area contributed by atoms with Crippen molar-refractivity contribution in [3.8, 4) is 23.0 Å². The second-order valence-corrected chi connectivity index (χ2v) is 8.77. The molecule has 0 radical (unpaired) electrons. The van der Waals surface area contributed by atoms with Crippen molar-refractivity contribution in [2.45, 2.75) is 39.2 Å². The van der Waals surface area contributed by atoms with Crippen LogP contribution < -0.4 is 14.2 Å². The maximum atomic E-state index is 14.4. The molecule has 4 rings (SSSR count). The van der Waals surface area contributed by atoms with Gasteiger partial charge in [-0.2, -0.15) is 0 Å². The van der Waals surface area contributed by atoms with E-state index in [1.54, 1.807) is 12.1 Å². The molecule has 0 N–H and O–H groups in total. The summed E-state index contributed by atoms with van der Waals surface area (Å²) in [5.74, 6) is -2.04. The van der Waals surface area contributed by atoms with Crippen molar-refractivity contribution in [1.82, 2.24) is 4.98 Å². The average molecular weight is 444 g/mol. The highest BCUT2D eigenvalue weighted by molar-refractivity contribution is 5.88. The minimum Gasteiger partial charge on any atom is -0.493 e. The van der Waals surface area contributed by atoms with Gasteiger partial charge in [-0.25, -0.2) is 8.78 Å². The van der Waals surface area contributed by atoms with Gasteiger partial charge in [0.2, 0.25) is 0 Å². The van der Waals surface area contributed by atoms with Crippen LogP contribution in [0.25, 0.3) is 10.9 Å². The Bertz CT molecular complexity index is 1200. The number of non-ortho nitro benzene ring substituents is 1. The molecule has 2 aromatic carbocycles. The molecule has 7 nitrogen and oxygen atoms in total. The van der Waals surface area contributed by atoms with E-state index in [1.165, 1.54) is 19.4 Å². The molecular weight excluding hydrogens is 422 g/mol. The lowest BCUT2D eigenvalue weighted by molar-refractivity contribution is -0.385. The first-order valence-corrected chi connectivity index (χ1v) is 10.0. The quantitative estimate of drug-likeness (QED) is 0.333. The second kappa shape index (κ2) is 7.58. The lowest BCUT2D eigenvalue weighted by atomic mass is 9.86. The van der Waals surface area contributed by atoms with Crippen LogP contribution in [0, 0.1) is 27.2 Å². The Hall–Kier alpha value is -3.49. The highest BCUT2D eigenvalue weighted by atomic mass is 19.1. The topological polar surface area (TPSA) is 83.7 Å². The van der Waals surface area contributed by atoms with Crippen LogP contribution >= 0.6 is 0 Å². The first kappa shape index (κ1) is 21.7. The maximum absolute atomic E-state index is 14.4. The molecule has 32 heavy (non-hydrogen) atoms. The van der Waals surface area contributed by atoms with Gasteiger partial charge in [-0.05, 0) is 25.0 Å². The zero-order valence-electron chi connectivity index (χ0n) is 18.1. The summed E-state index contributed by atoms with van der Waals surface area (Å²) in [5, 5.41) is 11.3. The molecule has 0 aliphatic heterocycles. The first-order chi connectivity index (χ1) is 15.0. The Kier molecular flexibility index (Phi) is 5.15. The zero-order chi connectivity index (χ0) is 23.3. The van der Waals surface area contributed by atoms with Crippen molar-refractivity contribution in [1.29, 1.82) is 0 Å². The lowest BCUT2D eigenvalue weighted by Crippen LogP contribution is -2.34. The fraction of sp³-hybridized carbons (Fsp3) is 0.348. The van der Waals surface area contributed by atoms with Gasteiger partial charge in [0.25, 0.3) is 5.69 Å². The van der Waals surface area contributed by atoms with Gasteiger partial charge in [0.15, 0.2) is 28.9 Å². The van der Waals surface area contributed by atoms with Crippen LogP contribution in [0.3, 0.4) is 0 Å². The summed E-state index contributed by atoms with van der Waals surface area (Å²) in [6.45, 7) is 6.30. The molecule has 1 aromatic heterocycles. The van der Waals surface area contributed by atoms with Gasteiger partial charge in [-0.1, -0.05) is 20.8 Å². The van der Waals surface area contributed by atoms with E-state index in [1.807, 2.05) is 0 Å². The van der Waals surface area contributed by atoms with Crippen LogP contribution in [0.2, 0.25) is 0 Å². The van der Waals surface area contributed by atoms with Gasteiger partial charge in [0.05, 0.1) is 29.7 Å². The van der Waals surface area contributed by atoms with Crippen molar-refractivity contribution >= 4 is 16.6 Å². The Morgan fingerprint density at radius 3 is 2.25 bits per heavy atom. The maximum Gasteiger partial charge on any atom is 0.275 e. The summed E-state index contributed by atoms with van der Waals surface area (Å²) >= 11 is 0. The Balaban J connectivity index is 1.78. The normalized spacial score (nSPS) is 14.8. The highest BCUT2D eigenvalue weighted by Crippen LogP contribution is 2.54. The number of nitro benzene ring substituents is 1. The molecule has 1 aliphatic carbocycles. The fourth-order valence-corrected chi connectivity index (χ4v) is 3.65. The smallest absolute Gasteiger partial charge is 0.275 e. The molecule has 1 saturated carbocycles. The zero-order valence-corrected chi connectivity index (χ0v) is 18.1. The van der Waals surface area contributed by atoms with E-state index in [9.17, 15) is 18.9 Å². The Morgan fingerprint density at radius 2 is 1.72 bits per heavy atom. The number of nitrogens with zero attached hydrogens (tertiary/aromatic N) is 2. The van der Waals surface area contributed by atoms with Crippen LogP contribution in [-0.4, -0.2) is 22.6 Å². The van der Waals surface area contributed by atoms with E-state index in [2.05, 4.69) is 25.8 Å². The van der Waals surface area contributed by atoms with Crippen LogP contribution in [0.5, 0.6) is 23.0 Å². The van der Waals surface area contributed by atoms with E-state index in [0.717, 1.165) is 12.8 Å². The molecule has 3 aromatic rings.